The molecule has 0 radical (unpaired) electrons. The number of unbranched alkanes of at least 4 members (excludes halogenated alkanes) is 1. The largest absolute Gasteiger partial charge is 0.0782 e. The molecule has 1 atom stereocenters. The molecule has 0 heteroatoms. The highest BCUT2D eigenvalue weighted by atomic mass is 14.4. The van der Waals surface area contributed by atoms with E-state index in [9.17, 15) is 0 Å². The maximum Gasteiger partial charge on any atom is -0.00700 e. The lowest BCUT2D eigenvalue weighted by molar-refractivity contribution is 0.325. The summed E-state index contributed by atoms with van der Waals surface area (Å²) in [6, 6.07) is 10.8. The van der Waals surface area contributed by atoms with Crippen LogP contribution in [0.5, 0.6) is 0 Å². The van der Waals surface area contributed by atoms with Crippen LogP contribution in [0, 0.1) is 11.3 Å². The summed E-state index contributed by atoms with van der Waals surface area (Å²) in [5.74, 6) is 0.643. The summed E-state index contributed by atoms with van der Waals surface area (Å²) >= 11 is 0. The van der Waals surface area contributed by atoms with Gasteiger partial charge in [0, 0.05) is 0 Å². The maximum absolute atomic E-state index is 2.36. The number of hydrogen-bond acceptors (Lipinski definition) is 0. The normalized spacial score (nSPS) is 21.7. The predicted octanol–water partition coefficient (Wildman–Crippen LogP) is 5.47. The minimum atomic E-state index is 0.273. The van der Waals surface area contributed by atoms with Crippen molar-refractivity contribution in [3.8, 4) is 0 Å². The molecule has 0 bridgehead atoms. The Balaban J connectivity index is 2.31. The van der Waals surface area contributed by atoms with Crippen LogP contribution in [0.4, 0.5) is 0 Å². The highest BCUT2D eigenvalue weighted by Gasteiger charge is 2.31. The van der Waals surface area contributed by atoms with Crippen LogP contribution < -0.4 is 0 Å². The van der Waals surface area contributed by atoms with Gasteiger partial charge in [-0.05, 0) is 28.9 Å². The zero-order valence-corrected chi connectivity index (χ0v) is 11.8. The van der Waals surface area contributed by atoms with Crippen LogP contribution in [-0.4, -0.2) is 0 Å². The Morgan fingerprint density at radius 2 is 1.83 bits per heavy atom. The molecule has 0 saturated carbocycles. The molecule has 1 aromatic carbocycles. The predicted molar refractivity (Wildman–Crippen MR) is 80.4 cm³/mol. The Bertz CT molecular complexity index is 434. The van der Waals surface area contributed by atoms with Gasteiger partial charge in [-0.25, -0.2) is 0 Å². The van der Waals surface area contributed by atoms with Gasteiger partial charge in [0.05, 0.1) is 0 Å². The van der Waals surface area contributed by atoms with Crippen molar-refractivity contribution in [3.63, 3.8) is 0 Å². The van der Waals surface area contributed by atoms with Crippen molar-refractivity contribution < 1.29 is 0 Å². The zero-order chi connectivity index (χ0) is 13.0. The SMILES string of the molecule is CCCCC1C(c2ccccc2)=CC=CC1(C)C. The van der Waals surface area contributed by atoms with Crippen LogP contribution in [0.2, 0.25) is 0 Å². The fourth-order valence-electron chi connectivity index (χ4n) is 2.90. The summed E-state index contributed by atoms with van der Waals surface area (Å²) in [5, 5.41) is 0. The minimum absolute atomic E-state index is 0.273. The molecule has 0 nitrogen and oxygen atoms in total. The van der Waals surface area contributed by atoms with Crippen molar-refractivity contribution >= 4 is 5.57 Å². The topological polar surface area (TPSA) is 0 Å². The summed E-state index contributed by atoms with van der Waals surface area (Å²) in [4.78, 5) is 0. The van der Waals surface area contributed by atoms with Crippen LogP contribution in [0.1, 0.15) is 45.6 Å². The van der Waals surface area contributed by atoms with Crippen LogP contribution in [0.15, 0.2) is 48.6 Å². The second kappa shape index (κ2) is 5.56. The molecule has 0 aromatic heterocycles. The summed E-state index contributed by atoms with van der Waals surface area (Å²) in [6.45, 7) is 7.00. The van der Waals surface area contributed by atoms with Crippen molar-refractivity contribution in [1.82, 2.24) is 0 Å². The molecule has 1 aromatic rings. The molecule has 1 unspecified atom stereocenters. The second-order valence-electron chi connectivity index (χ2n) is 5.86. The third-order valence-electron chi connectivity index (χ3n) is 4.03. The van der Waals surface area contributed by atoms with Gasteiger partial charge in [0.2, 0.25) is 0 Å². The average Bonchev–Trinajstić information content (AvgIpc) is 2.37. The molecule has 1 aliphatic carbocycles. The number of rotatable bonds is 4. The van der Waals surface area contributed by atoms with Crippen molar-refractivity contribution in [3.05, 3.63) is 54.1 Å². The van der Waals surface area contributed by atoms with Gasteiger partial charge in [-0.15, -0.1) is 0 Å². The molecule has 0 amide bonds. The van der Waals surface area contributed by atoms with Crippen molar-refractivity contribution in [1.29, 1.82) is 0 Å². The molecule has 0 N–H and O–H groups in total. The monoisotopic (exact) mass is 240 g/mol. The molecule has 0 spiro atoms. The van der Waals surface area contributed by atoms with E-state index in [1.165, 1.54) is 30.4 Å². The van der Waals surface area contributed by atoms with Gasteiger partial charge in [-0.1, -0.05) is 82.2 Å². The van der Waals surface area contributed by atoms with Crippen molar-refractivity contribution in [2.75, 3.05) is 0 Å². The first kappa shape index (κ1) is 13.1. The van der Waals surface area contributed by atoms with E-state index < -0.39 is 0 Å². The smallest absolute Gasteiger partial charge is 0.00700 e. The quantitative estimate of drug-likeness (QED) is 0.654. The first-order chi connectivity index (χ1) is 8.65. The molecule has 96 valence electrons. The summed E-state index contributed by atoms with van der Waals surface area (Å²) in [7, 11) is 0. The lowest BCUT2D eigenvalue weighted by atomic mass is 9.68. The molecular formula is C18H24. The summed E-state index contributed by atoms with van der Waals surface area (Å²) in [5.41, 5.74) is 3.17. The van der Waals surface area contributed by atoms with Crippen LogP contribution in [0.3, 0.4) is 0 Å². The number of allylic oxidation sites excluding steroid dienone is 4. The Hall–Kier alpha value is -1.30. The molecule has 0 fully saturated rings. The van der Waals surface area contributed by atoms with Crippen LogP contribution in [-0.2, 0) is 0 Å². The highest BCUT2D eigenvalue weighted by molar-refractivity contribution is 5.71. The molecular weight excluding hydrogens is 216 g/mol. The van der Waals surface area contributed by atoms with E-state index in [4.69, 9.17) is 0 Å². The molecule has 0 heterocycles. The Labute approximate surface area is 111 Å². The third kappa shape index (κ3) is 2.75. The van der Waals surface area contributed by atoms with E-state index in [2.05, 4.69) is 69.3 Å². The van der Waals surface area contributed by atoms with E-state index in [0.717, 1.165) is 0 Å². The van der Waals surface area contributed by atoms with E-state index in [-0.39, 0.29) is 5.41 Å². The molecule has 0 saturated heterocycles. The zero-order valence-electron chi connectivity index (χ0n) is 11.8. The highest BCUT2D eigenvalue weighted by Crippen LogP contribution is 2.44. The van der Waals surface area contributed by atoms with E-state index in [1.807, 2.05) is 0 Å². The Morgan fingerprint density at radius 3 is 2.50 bits per heavy atom. The molecule has 2 rings (SSSR count). The Morgan fingerprint density at radius 1 is 1.11 bits per heavy atom. The second-order valence-corrected chi connectivity index (χ2v) is 5.86. The summed E-state index contributed by atoms with van der Waals surface area (Å²) in [6.07, 6.45) is 10.8. The van der Waals surface area contributed by atoms with Gasteiger partial charge in [-0.2, -0.15) is 0 Å². The fraction of sp³-hybridized carbons (Fsp3) is 0.444. The lowest BCUT2D eigenvalue weighted by Gasteiger charge is -2.36. The molecule has 1 aliphatic rings. The van der Waals surface area contributed by atoms with Crippen LogP contribution >= 0.6 is 0 Å². The fourth-order valence-corrected chi connectivity index (χ4v) is 2.90. The molecule has 18 heavy (non-hydrogen) atoms. The third-order valence-corrected chi connectivity index (χ3v) is 4.03. The maximum atomic E-state index is 2.36. The number of benzene rings is 1. The lowest BCUT2D eigenvalue weighted by Crippen LogP contribution is -2.25. The molecule has 0 aliphatic heterocycles. The van der Waals surface area contributed by atoms with Crippen LogP contribution in [0.25, 0.3) is 5.57 Å². The van der Waals surface area contributed by atoms with Gasteiger partial charge >= 0.3 is 0 Å². The van der Waals surface area contributed by atoms with E-state index >= 15 is 0 Å². The Kier molecular flexibility index (Phi) is 4.06. The standard InChI is InChI=1S/C18H24/c1-4-5-13-17-16(12-9-14-18(17,2)3)15-10-7-6-8-11-15/h6-12,14,17H,4-5,13H2,1-3H3. The van der Waals surface area contributed by atoms with Gasteiger partial charge in [-0.3, -0.25) is 0 Å². The first-order valence-corrected chi connectivity index (χ1v) is 7.10. The first-order valence-electron chi connectivity index (χ1n) is 7.10. The van der Waals surface area contributed by atoms with E-state index in [0.29, 0.717) is 5.92 Å². The minimum Gasteiger partial charge on any atom is -0.0782 e. The summed E-state index contributed by atoms with van der Waals surface area (Å²) < 4.78 is 0. The van der Waals surface area contributed by atoms with Gasteiger partial charge in [0.1, 0.15) is 0 Å². The number of hydrogen-bond donors (Lipinski definition) is 0. The van der Waals surface area contributed by atoms with Crippen molar-refractivity contribution in [2.45, 2.75) is 40.0 Å². The average molecular weight is 240 g/mol. The van der Waals surface area contributed by atoms with Gasteiger partial charge in [0.15, 0.2) is 0 Å². The van der Waals surface area contributed by atoms with Gasteiger partial charge < -0.3 is 0 Å². The van der Waals surface area contributed by atoms with E-state index in [1.54, 1.807) is 0 Å². The van der Waals surface area contributed by atoms with Crippen molar-refractivity contribution in [2.24, 2.45) is 11.3 Å². The van der Waals surface area contributed by atoms with Gasteiger partial charge in [0.25, 0.3) is 0 Å².